The minimum Gasteiger partial charge on any atom is -0.497 e. The van der Waals surface area contributed by atoms with Crippen molar-refractivity contribution in [1.82, 2.24) is 24.6 Å². The maximum atomic E-state index is 12.3. The number of aromatic nitrogens is 5. The summed E-state index contributed by atoms with van der Waals surface area (Å²) in [6.07, 6.45) is 1.45. The summed E-state index contributed by atoms with van der Waals surface area (Å²) in [7, 11) is 1.62. The van der Waals surface area contributed by atoms with Crippen LogP contribution in [0.1, 0.15) is 5.56 Å². The van der Waals surface area contributed by atoms with Crippen LogP contribution in [0, 0.1) is 6.92 Å². The highest BCUT2D eigenvalue weighted by Gasteiger charge is 2.16. The molecular formula is C23H18N6O2. The second-order valence-electron chi connectivity index (χ2n) is 7.03. The lowest BCUT2D eigenvalue weighted by molar-refractivity contribution is 0.415. The molecule has 152 valence electrons. The van der Waals surface area contributed by atoms with Gasteiger partial charge in [0.1, 0.15) is 11.4 Å². The number of benzene rings is 2. The van der Waals surface area contributed by atoms with Crippen LogP contribution in [0.5, 0.6) is 5.75 Å². The molecule has 0 bridgehead atoms. The topological polar surface area (TPSA) is 94.3 Å². The van der Waals surface area contributed by atoms with Gasteiger partial charge in [-0.2, -0.15) is 4.52 Å². The average molecular weight is 410 g/mol. The number of rotatable bonds is 4. The summed E-state index contributed by atoms with van der Waals surface area (Å²) in [5.41, 5.74) is 3.18. The largest absolute Gasteiger partial charge is 0.497 e. The molecule has 0 radical (unpaired) electrons. The lowest BCUT2D eigenvalue weighted by atomic mass is 10.1. The Labute approximate surface area is 177 Å². The minimum atomic E-state index is -0.392. The molecule has 0 unspecified atom stereocenters. The summed E-state index contributed by atoms with van der Waals surface area (Å²) >= 11 is 0. The third kappa shape index (κ3) is 3.44. The van der Waals surface area contributed by atoms with E-state index in [9.17, 15) is 4.79 Å². The molecular weight excluding hydrogens is 392 g/mol. The molecule has 31 heavy (non-hydrogen) atoms. The Balaban J connectivity index is 1.76. The number of hydrogen-bond acceptors (Lipinski definition) is 7. The van der Waals surface area contributed by atoms with E-state index in [1.807, 2.05) is 49.4 Å². The Morgan fingerprint density at radius 2 is 1.90 bits per heavy atom. The Morgan fingerprint density at radius 1 is 1.00 bits per heavy atom. The lowest BCUT2D eigenvalue weighted by Gasteiger charge is -2.08. The fourth-order valence-electron chi connectivity index (χ4n) is 3.36. The van der Waals surface area contributed by atoms with E-state index >= 15 is 0 Å². The molecule has 0 saturated heterocycles. The fraction of sp³-hybridized carbons (Fsp3) is 0.0870. The third-order valence-corrected chi connectivity index (χ3v) is 4.88. The Hall–Kier alpha value is -4.33. The average Bonchev–Trinajstić information content (AvgIpc) is 3.15. The van der Waals surface area contributed by atoms with Gasteiger partial charge in [-0.3, -0.25) is 4.79 Å². The SMILES string of the molecule is COc1cccc(-c2nc3c4cc(C)ccc4nc(Nc4ccccnc4=O)n3n2)c1. The monoisotopic (exact) mass is 410 g/mol. The summed E-state index contributed by atoms with van der Waals surface area (Å²) < 4.78 is 6.95. The fourth-order valence-corrected chi connectivity index (χ4v) is 3.36. The summed E-state index contributed by atoms with van der Waals surface area (Å²) in [6.45, 7) is 2.01. The third-order valence-electron chi connectivity index (χ3n) is 4.88. The quantitative estimate of drug-likeness (QED) is 0.482. The zero-order chi connectivity index (χ0) is 21.4. The normalized spacial score (nSPS) is 11.0. The molecule has 8 nitrogen and oxygen atoms in total. The van der Waals surface area contributed by atoms with Crippen LogP contribution in [0.4, 0.5) is 11.6 Å². The van der Waals surface area contributed by atoms with Gasteiger partial charge < -0.3 is 10.1 Å². The van der Waals surface area contributed by atoms with E-state index < -0.39 is 5.56 Å². The highest BCUT2D eigenvalue weighted by molar-refractivity contribution is 5.93. The first kappa shape index (κ1) is 18.7. The number of aryl methyl sites for hydroxylation is 1. The van der Waals surface area contributed by atoms with Crippen molar-refractivity contribution in [2.24, 2.45) is 0 Å². The van der Waals surface area contributed by atoms with Crippen molar-refractivity contribution in [3.05, 3.63) is 82.8 Å². The van der Waals surface area contributed by atoms with E-state index in [2.05, 4.69) is 15.4 Å². The molecule has 0 atom stereocenters. The van der Waals surface area contributed by atoms with Crippen molar-refractivity contribution in [3.8, 4) is 17.1 Å². The predicted octanol–water partition coefficient (Wildman–Crippen LogP) is 3.76. The van der Waals surface area contributed by atoms with Crippen molar-refractivity contribution >= 4 is 28.2 Å². The van der Waals surface area contributed by atoms with Crippen LogP contribution in [0.2, 0.25) is 0 Å². The van der Waals surface area contributed by atoms with Gasteiger partial charge in [0, 0.05) is 17.1 Å². The van der Waals surface area contributed by atoms with Gasteiger partial charge in [-0.25, -0.2) is 15.0 Å². The molecule has 3 heterocycles. The Kier molecular flexibility index (Phi) is 4.51. The first-order valence-electron chi connectivity index (χ1n) is 9.66. The summed E-state index contributed by atoms with van der Waals surface area (Å²) in [5, 5.41) is 8.63. The van der Waals surface area contributed by atoms with E-state index in [0.29, 0.717) is 28.9 Å². The van der Waals surface area contributed by atoms with Gasteiger partial charge in [-0.05, 0) is 43.3 Å². The molecule has 0 spiro atoms. The number of fused-ring (bicyclic) bond motifs is 3. The maximum Gasteiger partial charge on any atom is 0.293 e. The van der Waals surface area contributed by atoms with Crippen molar-refractivity contribution in [3.63, 3.8) is 0 Å². The van der Waals surface area contributed by atoms with E-state index in [1.54, 1.807) is 29.8 Å². The van der Waals surface area contributed by atoms with Crippen LogP contribution in [0.3, 0.4) is 0 Å². The van der Waals surface area contributed by atoms with Crippen LogP contribution in [-0.2, 0) is 0 Å². The van der Waals surface area contributed by atoms with Crippen molar-refractivity contribution < 1.29 is 4.74 Å². The molecule has 0 aliphatic heterocycles. The number of nitrogens with one attached hydrogen (secondary N) is 1. The van der Waals surface area contributed by atoms with Crippen molar-refractivity contribution in [2.75, 3.05) is 12.4 Å². The minimum absolute atomic E-state index is 0.295. The second kappa shape index (κ2) is 7.49. The first-order chi connectivity index (χ1) is 15.1. The number of nitrogens with zero attached hydrogens (tertiary/aromatic N) is 5. The molecule has 0 aliphatic rings. The van der Waals surface area contributed by atoms with E-state index in [-0.39, 0.29) is 0 Å². The Bertz CT molecular complexity index is 1500. The second-order valence-corrected chi connectivity index (χ2v) is 7.03. The molecule has 0 amide bonds. The lowest BCUT2D eigenvalue weighted by Crippen LogP contribution is -2.11. The summed E-state index contributed by atoms with van der Waals surface area (Å²) in [5.74, 6) is 1.61. The molecule has 0 fully saturated rings. The van der Waals surface area contributed by atoms with Gasteiger partial charge in [-0.1, -0.05) is 29.8 Å². The van der Waals surface area contributed by atoms with Crippen LogP contribution in [0.15, 0.2) is 71.7 Å². The van der Waals surface area contributed by atoms with Crippen LogP contribution >= 0.6 is 0 Å². The molecule has 8 heteroatoms. The Morgan fingerprint density at radius 3 is 2.77 bits per heavy atom. The molecule has 0 aliphatic carbocycles. The van der Waals surface area contributed by atoms with Gasteiger partial charge >= 0.3 is 0 Å². The number of anilines is 2. The molecule has 3 aromatic heterocycles. The predicted molar refractivity (Wildman–Crippen MR) is 119 cm³/mol. The van der Waals surface area contributed by atoms with Crippen LogP contribution < -0.4 is 15.6 Å². The molecule has 0 saturated carbocycles. The highest BCUT2D eigenvalue weighted by atomic mass is 16.5. The van der Waals surface area contributed by atoms with E-state index in [4.69, 9.17) is 14.7 Å². The van der Waals surface area contributed by atoms with Crippen LogP contribution in [0.25, 0.3) is 27.9 Å². The van der Waals surface area contributed by atoms with Gasteiger partial charge in [-0.15, -0.1) is 5.10 Å². The van der Waals surface area contributed by atoms with Crippen molar-refractivity contribution in [1.29, 1.82) is 0 Å². The van der Waals surface area contributed by atoms with Gasteiger partial charge in [0.25, 0.3) is 5.56 Å². The highest BCUT2D eigenvalue weighted by Crippen LogP contribution is 2.27. The van der Waals surface area contributed by atoms with E-state index in [0.717, 1.165) is 22.0 Å². The van der Waals surface area contributed by atoms with Gasteiger partial charge in [0.15, 0.2) is 11.5 Å². The zero-order valence-electron chi connectivity index (χ0n) is 16.9. The number of hydrogen-bond donors (Lipinski definition) is 1. The molecule has 5 aromatic rings. The molecule has 2 aromatic carbocycles. The number of methoxy groups -OCH3 is 1. The summed E-state index contributed by atoms with van der Waals surface area (Å²) in [4.78, 5) is 25.7. The zero-order valence-corrected chi connectivity index (χ0v) is 16.9. The number of ether oxygens (including phenoxy) is 1. The first-order valence-corrected chi connectivity index (χ1v) is 9.66. The maximum absolute atomic E-state index is 12.3. The van der Waals surface area contributed by atoms with E-state index in [1.165, 1.54) is 6.20 Å². The standard InChI is InChI=1S/C23H18N6O2/c1-14-9-10-18-17(12-14)21-27-20(15-6-5-7-16(13-15)31-2)28-29(21)23(25-18)26-19-8-3-4-11-24-22(19)30/h3-13H,1-2H3,(H,24,25,26,30). The smallest absolute Gasteiger partial charge is 0.293 e. The molecule has 5 rings (SSSR count). The summed E-state index contributed by atoms with van der Waals surface area (Å²) in [6, 6.07) is 18.6. The van der Waals surface area contributed by atoms with Gasteiger partial charge in [0.2, 0.25) is 5.95 Å². The van der Waals surface area contributed by atoms with Gasteiger partial charge in [0.05, 0.1) is 12.6 Å². The molecule has 1 N–H and O–H groups in total. The van der Waals surface area contributed by atoms with Crippen LogP contribution in [-0.4, -0.2) is 31.7 Å². The van der Waals surface area contributed by atoms with Crippen molar-refractivity contribution in [2.45, 2.75) is 6.92 Å².